The molecule has 0 saturated heterocycles. The van der Waals surface area contributed by atoms with Crippen LogP contribution in [0.3, 0.4) is 0 Å². The second-order valence-corrected chi connectivity index (χ2v) is 2.90. The van der Waals surface area contributed by atoms with Gasteiger partial charge in [-0.1, -0.05) is 18.1 Å². The standard InChI is InChI=1S/C9H10N2O/c1-2-5-12-11-9-7-3-4-8(6-7)10-9/h1,3-4,7-8H,5-6H2,(H,10,11). The van der Waals surface area contributed by atoms with Crippen LogP contribution in [0.25, 0.3) is 0 Å². The highest BCUT2D eigenvalue weighted by atomic mass is 16.6. The fourth-order valence-electron chi connectivity index (χ4n) is 1.51. The lowest BCUT2D eigenvalue weighted by Gasteiger charge is -2.09. The van der Waals surface area contributed by atoms with Crippen LogP contribution >= 0.6 is 0 Å². The highest BCUT2D eigenvalue weighted by molar-refractivity contribution is 5.88. The molecule has 2 unspecified atom stereocenters. The van der Waals surface area contributed by atoms with E-state index in [4.69, 9.17) is 11.3 Å². The van der Waals surface area contributed by atoms with Gasteiger partial charge in [-0.2, -0.15) is 0 Å². The fourth-order valence-corrected chi connectivity index (χ4v) is 1.51. The average Bonchev–Trinajstić information content (AvgIpc) is 2.65. The first-order chi connectivity index (χ1) is 5.90. The van der Waals surface area contributed by atoms with Gasteiger partial charge in [0.15, 0.2) is 0 Å². The Balaban J connectivity index is 1.84. The van der Waals surface area contributed by atoms with Crippen LogP contribution in [-0.2, 0) is 4.84 Å². The Bertz CT molecular complexity index is 275. The van der Waals surface area contributed by atoms with E-state index in [1.54, 1.807) is 0 Å². The zero-order valence-electron chi connectivity index (χ0n) is 6.66. The number of nitrogens with one attached hydrogen (secondary N) is 1. The van der Waals surface area contributed by atoms with Gasteiger partial charge in [-0.05, 0) is 6.42 Å². The molecule has 2 rings (SSSR count). The van der Waals surface area contributed by atoms with Gasteiger partial charge in [-0.25, -0.2) is 0 Å². The minimum atomic E-state index is 0.278. The molecule has 0 aromatic rings. The first-order valence-electron chi connectivity index (χ1n) is 3.97. The summed E-state index contributed by atoms with van der Waals surface area (Å²) >= 11 is 0. The number of terminal acetylenes is 1. The lowest BCUT2D eigenvalue weighted by molar-refractivity contribution is 0.112. The van der Waals surface area contributed by atoms with Crippen molar-refractivity contribution in [2.75, 3.05) is 6.61 Å². The number of hydrogen-bond acceptors (Lipinski definition) is 3. The second-order valence-electron chi connectivity index (χ2n) is 2.90. The van der Waals surface area contributed by atoms with Crippen molar-refractivity contribution in [2.45, 2.75) is 12.5 Å². The highest BCUT2D eigenvalue weighted by Crippen LogP contribution is 2.27. The molecule has 2 bridgehead atoms. The molecule has 1 aliphatic heterocycles. The first kappa shape index (κ1) is 7.38. The van der Waals surface area contributed by atoms with Crippen molar-refractivity contribution in [3.63, 3.8) is 0 Å². The third-order valence-corrected chi connectivity index (χ3v) is 2.05. The highest BCUT2D eigenvalue weighted by Gasteiger charge is 2.29. The van der Waals surface area contributed by atoms with E-state index >= 15 is 0 Å². The van der Waals surface area contributed by atoms with Crippen LogP contribution in [0.15, 0.2) is 17.1 Å². The molecule has 0 amide bonds. The Morgan fingerprint density at radius 2 is 2.67 bits per heavy atom. The maximum absolute atomic E-state index is 5.02. The Hall–Kier alpha value is -1.27. The summed E-state index contributed by atoms with van der Waals surface area (Å²) in [5, 5.41) is 0. The van der Waals surface area contributed by atoms with Crippen LogP contribution in [0.1, 0.15) is 6.42 Å². The summed E-state index contributed by atoms with van der Waals surface area (Å²) < 4.78 is 0. The Morgan fingerprint density at radius 1 is 1.75 bits per heavy atom. The molecule has 0 aromatic heterocycles. The zero-order valence-corrected chi connectivity index (χ0v) is 6.66. The number of nitrogens with zero attached hydrogens (tertiary/aromatic N) is 1. The van der Waals surface area contributed by atoms with Crippen LogP contribution in [0.5, 0.6) is 0 Å². The van der Waals surface area contributed by atoms with Gasteiger partial charge in [-0.15, -0.1) is 6.42 Å². The molecule has 62 valence electrons. The van der Waals surface area contributed by atoms with Crippen LogP contribution in [0.4, 0.5) is 0 Å². The average molecular weight is 162 g/mol. The van der Waals surface area contributed by atoms with E-state index in [9.17, 15) is 0 Å². The SMILES string of the molecule is C#CCONC1=NC2C=CC1C2. The van der Waals surface area contributed by atoms with Crippen molar-refractivity contribution in [1.29, 1.82) is 0 Å². The monoisotopic (exact) mass is 162 g/mol. The molecule has 0 radical (unpaired) electrons. The predicted octanol–water partition coefficient (Wildman–Crippen LogP) is 0.498. The van der Waals surface area contributed by atoms with E-state index in [1.165, 1.54) is 0 Å². The van der Waals surface area contributed by atoms with E-state index in [1.807, 2.05) is 0 Å². The molecule has 2 atom stereocenters. The molecule has 3 heteroatoms. The van der Waals surface area contributed by atoms with Gasteiger partial charge in [0.1, 0.15) is 12.4 Å². The Kier molecular flexibility index (Phi) is 1.84. The molecule has 1 N–H and O–H groups in total. The summed E-state index contributed by atoms with van der Waals surface area (Å²) in [4.78, 5) is 9.32. The van der Waals surface area contributed by atoms with Gasteiger partial charge >= 0.3 is 0 Å². The first-order valence-corrected chi connectivity index (χ1v) is 3.97. The summed E-state index contributed by atoms with van der Waals surface area (Å²) in [5.41, 5.74) is 2.77. The van der Waals surface area contributed by atoms with Crippen LogP contribution in [0, 0.1) is 18.3 Å². The number of rotatable bonds is 2. The molecule has 0 spiro atoms. The van der Waals surface area contributed by atoms with E-state index < -0.39 is 0 Å². The topological polar surface area (TPSA) is 33.6 Å². The number of hydrogen-bond donors (Lipinski definition) is 1. The summed E-state index contributed by atoms with van der Waals surface area (Å²) in [6, 6.07) is 0.368. The van der Waals surface area contributed by atoms with Gasteiger partial charge in [0.2, 0.25) is 0 Å². The molecule has 0 saturated carbocycles. The number of dihydropyridines is 1. The van der Waals surface area contributed by atoms with Crippen molar-refractivity contribution >= 4 is 5.84 Å². The third-order valence-electron chi connectivity index (χ3n) is 2.05. The summed E-state index contributed by atoms with van der Waals surface area (Å²) in [7, 11) is 0. The van der Waals surface area contributed by atoms with Gasteiger partial charge in [0.25, 0.3) is 0 Å². The van der Waals surface area contributed by atoms with Gasteiger partial charge in [0.05, 0.1) is 6.04 Å². The molecule has 2 aliphatic rings. The normalized spacial score (nSPS) is 30.1. The van der Waals surface area contributed by atoms with Crippen LogP contribution in [-0.4, -0.2) is 18.5 Å². The largest absolute Gasteiger partial charge is 0.263 e. The second kappa shape index (κ2) is 3.00. The number of aliphatic imine (C=N–C) groups is 1. The molecule has 1 aliphatic carbocycles. The molecule has 12 heavy (non-hydrogen) atoms. The lowest BCUT2D eigenvalue weighted by Crippen LogP contribution is -2.27. The van der Waals surface area contributed by atoms with E-state index in [0.29, 0.717) is 12.0 Å². The van der Waals surface area contributed by atoms with Crippen molar-refractivity contribution in [1.82, 2.24) is 5.48 Å². The summed E-state index contributed by atoms with van der Waals surface area (Å²) in [6.07, 6.45) is 10.4. The molecular weight excluding hydrogens is 152 g/mol. The molecular formula is C9H10N2O. The van der Waals surface area contributed by atoms with E-state index in [-0.39, 0.29) is 6.61 Å². The molecule has 0 fully saturated rings. The van der Waals surface area contributed by atoms with E-state index in [0.717, 1.165) is 12.3 Å². The summed E-state index contributed by atoms with van der Waals surface area (Å²) in [6.45, 7) is 0.278. The quantitative estimate of drug-likeness (QED) is 0.277. The number of fused-ring (bicyclic) bond motifs is 2. The fraction of sp³-hybridized carbons (Fsp3) is 0.444. The van der Waals surface area contributed by atoms with Gasteiger partial charge < -0.3 is 0 Å². The van der Waals surface area contributed by atoms with Crippen LogP contribution in [0.2, 0.25) is 0 Å². The molecule has 0 aromatic carbocycles. The maximum Gasteiger partial charge on any atom is 0.135 e. The van der Waals surface area contributed by atoms with Gasteiger partial charge in [-0.3, -0.25) is 15.3 Å². The smallest absolute Gasteiger partial charge is 0.135 e. The number of hydroxylamine groups is 1. The predicted molar refractivity (Wildman–Crippen MR) is 46.4 cm³/mol. The van der Waals surface area contributed by atoms with Crippen LogP contribution < -0.4 is 5.48 Å². The lowest BCUT2D eigenvalue weighted by atomic mass is 10.1. The third kappa shape index (κ3) is 1.21. The molecule has 3 nitrogen and oxygen atoms in total. The van der Waals surface area contributed by atoms with Crippen molar-refractivity contribution in [2.24, 2.45) is 10.9 Å². The minimum absolute atomic E-state index is 0.278. The summed E-state index contributed by atoms with van der Waals surface area (Å²) in [5.74, 6) is 3.72. The number of amidine groups is 1. The minimum Gasteiger partial charge on any atom is -0.263 e. The van der Waals surface area contributed by atoms with Gasteiger partial charge in [0, 0.05) is 5.92 Å². The zero-order chi connectivity index (χ0) is 8.39. The molecule has 1 heterocycles. The van der Waals surface area contributed by atoms with Crippen molar-refractivity contribution in [3.05, 3.63) is 12.2 Å². The Labute approximate surface area is 71.5 Å². The van der Waals surface area contributed by atoms with Crippen molar-refractivity contribution < 1.29 is 4.84 Å². The Morgan fingerprint density at radius 3 is 3.25 bits per heavy atom. The van der Waals surface area contributed by atoms with E-state index in [2.05, 4.69) is 28.5 Å². The maximum atomic E-state index is 5.02. The van der Waals surface area contributed by atoms with Crippen molar-refractivity contribution in [3.8, 4) is 12.3 Å².